The first-order valence-electron chi connectivity index (χ1n) is 16.1. The number of rotatable bonds is 15. The van der Waals surface area contributed by atoms with Gasteiger partial charge in [-0.05, 0) is 35.7 Å². The molecule has 0 N–H and O–H groups in total. The quantitative estimate of drug-likeness (QED) is 0.120. The van der Waals surface area contributed by atoms with Crippen LogP contribution in [0.15, 0.2) is 120 Å². The molecule has 5 nitrogen and oxygen atoms in total. The van der Waals surface area contributed by atoms with Gasteiger partial charge in [0, 0.05) is 11.3 Å². The van der Waals surface area contributed by atoms with E-state index in [9.17, 15) is 4.79 Å². The fraction of sp³-hybridized carbons (Fsp3) is 0.359. The molecule has 1 aliphatic heterocycles. The van der Waals surface area contributed by atoms with Crippen LogP contribution < -0.4 is 0 Å². The third kappa shape index (κ3) is 9.98. The van der Waals surface area contributed by atoms with E-state index in [0.29, 0.717) is 38.3 Å². The van der Waals surface area contributed by atoms with Crippen LogP contribution in [0.1, 0.15) is 28.7 Å². The Morgan fingerprint density at radius 2 is 1.17 bits per heavy atom. The number of benzene rings is 4. The van der Waals surface area contributed by atoms with Crippen molar-refractivity contribution in [1.29, 1.82) is 0 Å². The topological polar surface area (TPSA) is 54.0 Å². The van der Waals surface area contributed by atoms with Crippen molar-refractivity contribution in [2.45, 2.75) is 87.4 Å². The van der Waals surface area contributed by atoms with E-state index in [-0.39, 0.29) is 17.5 Å². The van der Waals surface area contributed by atoms with Crippen molar-refractivity contribution in [1.82, 2.24) is 0 Å². The van der Waals surface area contributed by atoms with Gasteiger partial charge >= 0.3 is 0 Å². The summed E-state index contributed by atoms with van der Waals surface area (Å²) in [6.07, 6.45) is -1.25. The Balaban J connectivity index is 1.49. The van der Waals surface area contributed by atoms with Gasteiger partial charge in [0.25, 0.3) is 0 Å². The lowest BCUT2D eigenvalue weighted by molar-refractivity contribution is -0.217. The molecule has 5 rings (SSSR count). The van der Waals surface area contributed by atoms with Gasteiger partial charge in [0.2, 0.25) is 0 Å². The monoisotopic (exact) mass is 654 g/mol. The van der Waals surface area contributed by atoms with Gasteiger partial charge in [-0.3, -0.25) is 0 Å². The minimum Gasteiger partial charge on any atom is -0.374 e. The zero-order valence-electron chi connectivity index (χ0n) is 27.3. The maximum absolute atomic E-state index is 13.6. The summed E-state index contributed by atoms with van der Waals surface area (Å²) >= 11 is 1.72. The van der Waals surface area contributed by atoms with Crippen LogP contribution >= 0.6 is 11.8 Å². The zero-order valence-corrected chi connectivity index (χ0v) is 29.2. The van der Waals surface area contributed by atoms with E-state index >= 15 is 0 Å². The van der Waals surface area contributed by atoms with E-state index in [0.717, 1.165) is 21.6 Å². The van der Waals surface area contributed by atoms with Crippen molar-refractivity contribution in [3.05, 3.63) is 138 Å². The number of carbonyl (C=O) groups is 1. The highest BCUT2D eigenvalue weighted by Crippen LogP contribution is 2.40. The predicted octanol–water partition coefficient (Wildman–Crippen LogP) is 8.45. The molecular formula is C39H46O5SSi. The molecule has 0 saturated carbocycles. The van der Waals surface area contributed by atoms with Gasteiger partial charge in [-0.1, -0.05) is 128 Å². The van der Waals surface area contributed by atoms with Crippen molar-refractivity contribution in [3.8, 4) is 0 Å². The highest BCUT2D eigenvalue weighted by Gasteiger charge is 2.49. The van der Waals surface area contributed by atoms with Crippen LogP contribution in [0.3, 0.4) is 0 Å². The number of hydrogen-bond donors (Lipinski definition) is 0. The summed E-state index contributed by atoms with van der Waals surface area (Å²) in [5.41, 5.74) is 4.45. The van der Waals surface area contributed by atoms with Crippen molar-refractivity contribution in [2.24, 2.45) is 0 Å². The molecule has 4 aromatic carbocycles. The Hall–Kier alpha value is -3.04. The molecule has 1 aliphatic rings. The van der Waals surface area contributed by atoms with Crippen molar-refractivity contribution in [3.63, 3.8) is 0 Å². The van der Waals surface area contributed by atoms with Crippen LogP contribution in [-0.2, 0) is 43.6 Å². The third-order valence-corrected chi connectivity index (χ3v) is 11.5. The first-order chi connectivity index (χ1) is 22.3. The smallest absolute Gasteiger partial charge is 0.124 e. The van der Waals surface area contributed by atoms with E-state index in [1.54, 1.807) is 11.8 Å². The Bertz CT molecular complexity index is 1480. The highest BCUT2D eigenvalue weighted by molar-refractivity contribution is 8.00. The minimum atomic E-state index is -2.07. The molecule has 0 aromatic heterocycles. The van der Waals surface area contributed by atoms with Crippen LogP contribution in [0.25, 0.3) is 0 Å². The lowest BCUT2D eigenvalue weighted by Gasteiger charge is -2.46. The van der Waals surface area contributed by atoms with Crippen LogP contribution in [-0.4, -0.2) is 49.8 Å². The fourth-order valence-corrected chi connectivity index (χ4v) is 7.59. The molecule has 46 heavy (non-hydrogen) atoms. The second kappa shape index (κ2) is 16.7. The molecule has 1 heterocycles. The van der Waals surface area contributed by atoms with Crippen molar-refractivity contribution >= 4 is 25.2 Å². The van der Waals surface area contributed by atoms with Crippen LogP contribution in [0.4, 0.5) is 0 Å². The summed E-state index contributed by atoms with van der Waals surface area (Å²) in [4.78, 5) is 14.7. The number of thioether (sulfide) groups is 1. The Labute approximate surface area is 279 Å². The maximum Gasteiger partial charge on any atom is 0.124 e. The SMILES string of the molecule is Cc1ccc(S[C@@H]2[C@@H](OCc3ccccc3)[C@H](OCc3ccccc3)[C@@H](COCc3ccccc3)O[C@H]2CC(=O)[Si](C)(C)C)cc1. The number of aryl methyl sites for hydroxylation is 1. The predicted molar refractivity (Wildman–Crippen MR) is 189 cm³/mol. The van der Waals surface area contributed by atoms with Gasteiger partial charge in [-0.2, -0.15) is 0 Å². The maximum atomic E-state index is 13.6. The summed E-state index contributed by atoms with van der Waals surface area (Å²) in [7, 11) is -2.07. The molecule has 0 bridgehead atoms. The summed E-state index contributed by atoms with van der Waals surface area (Å²) in [6, 6.07) is 39.1. The van der Waals surface area contributed by atoms with Crippen LogP contribution in [0, 0.1) is 6.92 Å². The average Bonchev–Trinajstić information content (AvgIpc) is 3.06. The number of hydrogen-bond acceptors (Lipinski definition) is 6. The van der Waals surface area contributed by atoms with E-state index < -0.39 is 20.3 Å². The lowest BCUT2D eigenvalue weighted by Crippen LogP contribution is -2.60. The van der Waals surface area contributed by atoms with Crippen molar-refractivity contribution < 1.29 is 23.7 Å². The number of carbonyl (C=O) groups excluding carboxylic acids is 1. The lowest BCUT2D eigenvalue weighted by atomic mass is 9.95. The van der Waals surface area contributed by atoms with Gasteiger partial charge < -0.3 is 23.7 Å². The summed E-state index contributed by atoms with van der Waals surface area (Å²) in [5.74, 6) is 0. The van der Waals surface area contributed by atoms with E-state index in [4.69, 9.17) is 18.9 Å². The zero-order chi connectivity index (χ0) is 32.4. The fourth-order valence-electron chi connectivity index (χ4n) is 5.49. The van der Waals surface area contributed by atoms with E-state index in [2.05, 4.69) is 87.2 Å². The Morgan fingerprint density at radius 3 is 1.70 bits per heavy atom. The largest absolute Gasteiger partial charge is 0.374 e. The molecule has 1 fully saturated rings. The van der Waals surface area contributed by atoms with Gasteiger partial charge in [0.05, 0.1) is 37.8 Å². The Kier molecular flexibility index (Phi) is 12.4. The first kappa shape index (κ1) is 34.3. The Morgan fingerprint density at radius 1 is 0.674 bits per heavy atom. The first-order valence-corrected chi connectivity index (χ1v) is 20.5. The van der Waals surface area contributed by atoms with E-state index in [1.165, 1.54) is 5.56 Å². The molecule has 0 amide bonds. The normalized spacial score (nSPS) is 21.6. The van der Waals surface area contributed by atoms with Gasteiger partial charge in [-0.25, -0.2) is 0 Å². The highest BCUT2D eigenvalue weighted by atomic mass is 32.2. The standard InChI is InChI=1S/C39H46O5SSi/c1-29-20-22-33(23-21-29)45-39-34(24-36(40)46(2,3)4)44-35(28-41-25-30-14-8-5-9-15-30)37(42-26-31-16-10-6-11-17-31)38(39)43-27-32-18-12-7-13-19-32/h5-23,34-35,37-39H,24-28H2,1-4H3/t34-,35+,37+,38-,39-/m0/s1. The minimum absolute atomic E-state index is 0.183. The average molecular weight is 655 g/mol. The summed E-state index contributed by atoms with van der Waals surface area (Å²) in [5, 5.41) is 0.110. The molecule has 0 unspecified atom stereocenters. The molecule has 1 saturated heterocycles. The summed E-state index contributed by atoms with van der Waals surface area (Å²) < 4.78 is 26.9. The molecule has 5 atom stereocenters. The molecule has 0 radical (unpaired) electrons. The molecular weight excluding hydrogens is 609 g/mol. The van der Waals surface area contributed by atoms with Gasteiger partial charge in [-0.15, -0.1) is 11.8 Å². The van der Waals surface area contributed by atoms with Gasteiger partial charge in [0.15, 0.2) is 0 Å². The summed E-state index contributed by atoms with van der Waals surface area (Å²) in [6.45, 7) is 10.0. The molecule has 4 aromatic rings. The van der Waals surface area contributed by atoms with Crippen LogP contribution in [0.5, 0.6) is 0 Å². The molecule has 0 aliphatic carbocycles. The number of ether oxygens (including phenoxy) is 4. The molecule has 242 valence electrons. The van der Waals surface area contributed by atoms with Gasteiger partial charge in [0.1, 0.15) is 31.8 Å². The van der Waals surface area contributed by atoms with Crippen LogP contribution in [0.2, 0.25) is 19.6 Å². The molecule has 7 heteroatoms. The van der Waals surface area contributed by atoms with E-state index in [1.807, 2.05) is 54.6 Å². The second-order valence-corrected chi connectivity index (χ2v) is 19.3. The molecule has 0 spiro atoms. The van der Waals surface area contributed by atoms with Crippen molar-refractivity contribution in [2.75, 3.05) is 6.61 Å². The second-order valence-electron chi connectivity index (χ2n) is 13.0. The third-order valence-electron chi connectivity index (χ3n) is 8.21.